The van der Waals surface area contributed by atoms with Crippen molar-refractivity contribution in [3.63, 3.8) is 0 Å². The minimum atomic E-state index is 0.206. The van der Waals surface area contributed by atoms with Crippen LogP contribution in [0.1, 0.15) is 0 Å². The minimum Gasteiger partial charge on any atom is -0.453 e. The fourth-order valence-corrected chi connectivity index (χ4v) is 3.61. The predicted octanol–water partition coefficient (Wildman–Crippen LogP) is 5.43. The third kappa shape index (κ3) is 2.88. The fourth-order valence-electron chi connectivity index (χ4n) is 3.61. The van der Waals surface area contributed by atoms with Crippen molar-refractivity contribution in [2.24, 2.45) is 4.99 Å². The average Bonchev–Trinajstić information content (AvgIpc) is 2.73. The molecule has 1 aliphatic heterocycles. The van der Waals surface area contributed by atoms with Crippen LogP contribution in [0.5, 0.6) is 5.75 Å². The van der Waals surface area contributed by atoms with Crippen molar-refractivity contribution in [3.05, 3.63) is 84.7 Å². The van der Waals surface area contributed by atoms with Crippen LogP contribution < -0.4 is 10.1 Å². The molecule has 0 amide bonds. The van der Waals surface area contributed by atoms with E-state index in [-0.39, 0.29) is 6.04 Å². The lowest BCUT2D eigenvalue weighted by Gasteiger charge is -2.26. The Hall–Kier alpha value is -3.37. The maximum absolute atomic E-state index is 6.32. The van der Waals surface area contributed by atoms with Crippen LogP contribution in [0.25, 0.3) is 10.8 Å². The van der Waals surface area contributed by atoms with Crippen molar-refractivity contribution in [1.29, 1.82) is 0 Å². The Morgan fingerprint density at radius 3 is 2.50 bits per heavy atom. The molecule has 0 saturated heterocycles. The van der Waals surface area contributed by atoms with Gasteiger partial charge in [0, 0.05) is 28.6 Å². The molecule has 0 radical (unpaired) electrons. The van der Waals surface area contributed by atoms with Crippen LogP contribution in [0, 0.1) is 0 Å². The number of benzene rings is 3. The van der Waals surface area contributed by atoms with E-state index in [0.717, 1.165) is 45.1 Å². The largest absolute Gasteiger partial charge is 0.453 e. The number of fused-ring (bicyclic) bond motifs is 4. The summed E-state index contributed by atoms with van der Waals surface area (Å²) in [6.45, 7) is 0. The van der Waals surface area contributed by atoms with Gasteiger partial charge in [0.2, 0.25) is 0 Å². The molecule has 0 spiro atoms. The first-order valence-electron chi connectivity index (χ1n) is 9.40. The van der Waals surface area contributed by atoms with E-state index in [1.54, 1.807) is 0 Å². The Balaban J connectivity index is 1.64. The summed E-state index contributed by atoms with van der Waals surface area (Å²) in [6, 6.07) is 20.7. The third-order valence-electron chi connectivity index (χ3n) is 5.11. The third-order valence-corrected chi connectivity index (χ3v) is 5.11. The molecule has 3 aromatic carbocycles. The molecule has 1 N–H and O–H groups in total. The number of allylic oxidation sites excluding steroid dienone is 1. The molecular formula is C24H21N3O. The molecular weight excluding hydrogens is 346 g/mol. The van der Waals surface area contributed by atoms with Gasteiger partial charge in [-0.3, -0.25) is 4.90 Å². The van der Waals surface area contributed by atoms with Crippen molar-refractivity contribution < 1.29 is 4.74 Å². The number of ether oxygens (including phenoxy) is 1. The van der Waals surface area contributed by atoms with Gasteiger partial charge < -0.3 is 10.1 Å². The number of rotatable bonds is 3. The summed E-state index contributed by atoms with van der Waals surface area (Å²) in [5.41, 5.74) is 3.81. The molecule has 1 heterocycles. The molecule has 3 aromatic rings. The first-order chi connectivity index (χ1) is 13.7. The van der Waals surface area contributed by atoms with Crippen molar-refractivity contribution in [2.45, 2.75) is 6.04 Å². The van der Waals surface area contributed by atoms with Gasteiger partial charge in [-0.1, -0.05) is 48.5 Å². The van der Waals surface area contributed by atoms with Crippen LogP contribution in [-0.4, -0.2) is 30.7 Å². The number of hydrogen-bond donors (Lipinski definition) is 1. The number of para-hydroxylation sites is 1. The normalized spacial score (nSPS) is 17.5. The maximum Gasteiger partial charge on any atom is 0.155 e. The number of hydrogen-bond acceptors (Lipinski definition) is 4. The highest BCUT2D eigenvalue weighted by molar-refractivity contribution is 6.14. The highest BCUT2D eigenvalue weighted by atomic mass is 16.5. The zero-order valence-corrected chi connectivity index (χ0v) is 15.9. The van der Waals surface area contributed by atoms with E-state index in [4.69, 9.17) is 9.73 Å². The molecule has 0 bridgehead atoms. The molecule has 4 heteroatoms. The SMILES string of the molecule is CN(C)C1C=CC2=Nc3c(cc(Nc4ccccc4)c4ccccc34)OC2=C1. The summed E-state index contributed by atoms with van der Waals surface area (Å²) in [4.78, 5) is 7.07. The van der Waals surface area contributed by atoms with E-state index >= 15 is 0 Å². The van der Waals surface area contributed by atoms with E-state index in [0.29, 0.717) is 0 Å². The Bertz CT molecular complexity index is 1140. The van der Waals surface area contributed by atoms with E-state index in [2.05, 4.69) is 72.9 Å². The van der Waals surface area contributed by atoms with Gasteiger partial charge in [-0.2, -0.15) is 0 Å². The topological polar surface area (TPSA) is 36.9 Å². The van der Waals surface area contributed by atoms with Gasteiger partial charge in [0.1, 0.15) is 11.4 Å². The number of aliphatic imine (C=N–C) groups is 1. The highest BCUT2D eigenvalue weighted by Gasteiger charge is 2.24. The molecule has 0 saturated carbocycles. The molecule has 138 valence electrons. The Morgan fingerprint density at radius 2 is 1.71 bits per heavy atom. The van der Waals surface area contributed by atoms with Gasteiger partial charge in [0.05, 0.1) is 5.69 Å². The molecule has 4 nitrogen and oxygen atoms in total. The van der Waals surface area contributed by atoms with Gasteiger partial charge in [-0.15, -0.1) is 0 Å². The average molecular weight is 367 g/mol. The summed E-state index contributed by atoms with van der Waals surface area (Å²) in [5, 5.41) is 5.72. The predicted molar refractivity (Wildman–Crippen MR) is 116 cm³/mol. The van der Waals surface area contributed by atoms with Gasteiger partial charge in [-0.25, -0.2) is 4.99 Å². The van der Waals surface area contributed by atoms with E-state index in [1.807, 2.05) is 30.3 Å². The molecule has 0 aromatic heterocycles. The number of anilines is 2. The van der Waals surface area contributed by atoms with Crippen molar-refractivity contribution in [3.8, 4) is 5.75 Å². The van der Waals surface area contributed by atoms with Crippen LogP contribution in [0.2, 0.25) is 0 Å². The molecule has 0 fully saturated rings. The molecule has 5 rings (SSSR count). The zero-order chi connectivity index (χ0) is 19.1. The van der Waals surface area contributed by atoms with E-state index in [1.165, 1.54) is 0 Å². The summed E-state index contributed by atoms with van der Waals surface area (Å²) < 4.78 is 6.32. The van der Waals surface area contributed by atoms with Crippen molar-refractivity contribution in [2.75, 3.05) is 19.4 Å². The quantitative estimate of drug-likeness (QED) is 0.670. The summed E-state index contributed by atoms with van der Waals surface area (Å²) in [7, 11) is 4.11. The standard InChI is InChI=1S/C24H21N3O/c1-27(2)17-12-13-20-22(14-17)28-23-15-21(25-16-8-4-3-5-9-16)18-10-6-7-11-19(18)24(23)26-20/h3-15,17,25H,1-2H3. The van der Waals surface area contributed by atoms with E-state index < -0.39 is 0 Å². The maximum atomic E-state index is 6.32. The molecule has 2 aliphatic rings. The first-order valence-corrected chi connectivity index (χ1v) is 9.40. The zero-order valence-electron chi connectivity index (χ0n) is 15.9. The lowest BCUT2D eigenvalue weighted by atomic mass is 10.0. The summed E-state index contributed by atoms with van der Waals surface area (Å²) in [6.07, 6.45) is 6.30. The van der Waals surface area contributed by atoms with Gasteiger partial charge in [0.15, 0.2) is 11.5 Å². The summed E-state index contributed by atoms with van der Waals surface area (Å²) >= 11 is 0. The van der Waals surface area contributed by atoms with Gasteiger partial charge >= 0.3 is 0 Å². The molecule has 1 unspecified atom stereocenters. The van der Waals surface area contributed by atoms with Crippen LogP contribution in [0.15, 0.2) is 89.6 Å². The number of nitrogens with one attached hydrogen (secondary N) is 1. The lowest BCUT2D eigenvalue weighted by molar-refractivity contribution is 0.375. The van der Waals surface area contributed by atoms with Crippen LogP contribution >= 0.6 is 0 Å². The first kappa shape index (κ1) is 16.8. The second kappa shape index (κ2) is 6.66. The second-order valence-corrected chi connectivity index (χ2v) is 7.25. The molecule has 1 atom stereocenters. The second-order valence-electron chi connectivity index (χ2n) is 7.25. The highest BCUT2D eigenvalue weighted by Crippen LogP contribution is 2.45. The van der Waals surface area contributed by atoms with Gasteiger partial charge in [0.25, 0.3) is 0 Å². The summed E-state index contributed by atoms with van der Waals surface area (Å²) in [5.74, 6) is 1.59. The van der Waals surface area contributed by atoms with E-state index in [9.17, 15) is 0 Å². The lowest BCUT2D eigenvalue weighted by Crippen LogP contribution is -2.29. The Labute approximate surface area is 164 Å². The number of nitrogens with zero attached hydrogens (tertiary/aromatic N) is 2. The van der Waals surface area contributed by atoms with Crippen molar-refractivity contribution in [1.82, 2.24) is 4.90 Å². The van der Waals surface area contributed by atoms with Crippen LogP contribution in [-0.2, 0) is 0 Å². The van der Waals surface area contributed by atoms with Crippen LogP contribution in [0.3, 0.4) is 0 Å². The van der Waals surface area contributed by atoms with Crippen LogP contribution in [0.4, 0.5) is 17.1 Å². The Kier molecular flexibility index (Phi) is 3.99. The van der Waals surface area contributed by atoms with Crippen molar-refractivity contribution >= 4 is 33.5 Å². The monoisotopic (exact) mass is 367 g/mol. The smallest absolute Gasteiger partial charge is 0.155 e. The number of likely N-dealkylation sites (N-methyl/N-ethyl adjacent to an activating group) is 1. The fraction of sp³-hybridized carbons (Fsp3) is 0.125. The molecule has 28 heavy (non-hydrogen) atoms. The van der Waals surface area contributed by atoms with Gasteiger partial charge in [-0.05, 0) is 38.4 Å². The minimum absolute atomic E-state index is 0.206. The molecule has 1 aliphatic carbocycles. The Morgan fingerprint density at radius 1 is 0.964 bits per heavy atom.